The van der Waals surface area contributed by atoms with E-state index in [2.05, 4.69) is 22.0 Å². The van der Waals surface area contributed by atoms with Gasteiger partial charge < -0.3 is 49.5 Å². The van der Waals surface area contributed by atoms with Gasteiger partial charge in [-0.3, -0.25) is 37.7 Å². The number of phosphoric ester groups is 2. The number of rotatable bonds is 14. The van der Waals surface area contributed by atoms with Gasteiger partial charge in [0.15, 0.2) is 12.5 Å². The molecule has 12 atom stereocenters. The average molecular weight is 790 g/mol. The maximum Gasteiger partial charge on any atom is 0.490 e. The van der Waals surface area contributed by atoms with Crippen molar-refractivity contribution < 1.29 is 89.7 Å². The van der Waals surface area contributed by atoms with Crippen LogP contribution in [-0.4, -0.2) is 109 Å². The summed E-state index contributed by atoms with van der Waals surface area (Å²) in [4.78, 5) is 89.1. The van der Waals surface area contributed by atoms with Crippen LogP contribution in [0.5, 0.6) is 0 Å². The number of aromatic nitrogens is 4. The van der Waals surface area contributed by atoms with Gasteiger partial charge in [0.1, 0.15) is 36.6 Å². The van der Waals surface area contributed by atoms with E-state index in [0.29, 0.717) is 9.13 Å². The zero-order valence-electron chi connectivity index (χ0n) is 23.7. The monoisotopic (exact) mass is 790 g/mol. The molecule has 276 valence electrons. The SMILES string of the molecule is O=c1ccn(C2O[C@H](COP(=O)(O)OP(=O)(O)OP(=O)(O)OP(=O)(O)OCC3OC(n4ccc(=O)[nH]c4=O)[C@H](O)[C@@H]3O)[C@@H](O)[C@H]2O)c(=O)[nH]1. The fourth-order valence-electron chi connectivity index (χ4n) is 4.25. The Morgan fingerprint density at radius 2 is 0.918 bits per heavy atom. The van der Waals surface area contributed by atoms with Gasteiger partial charge in [-0.25, -0.2) is 27.8 Å². The maximum absolute atomic E-state index is 12.2. The smallest absolute Gasteiger partial charge is 0.387 e. The summed E-state index contributed by atoms with van der Waals surface area (Å²) in [5, 5.41) is 40.7. The van der Waals surface area contributed by atoms with Gasteiger partial charge in [-0.2, -0.15) is 12.9 Å². The lowest BCUT2D eigenvalue weighted by Crippen LogP contribution is -2.37. The number of aliphatic hydroxyl groups is 4. The Bertz CT molecular complexity index is 1820. The quantitative estimate of drug-likeness (QED) is 0.0811. The molecule has 0 amide bonds. The molecule has 2 aromatic rings. The fourth-order valence-corrected chi connectivity index (χ4v) is 9.20. The minimum atomic E-state index is -6.24. The third-order valence-corrected chi connectivity index (χ3v) is 12.3. The van der Waals surface area contributed by atoms with Gasteiger partial charge in [0.25, 0.3) is 11.1 Å². The number of ether oxygens (including phenoxy) is 2. The van der Waals surface area contributed by atoms with Crippen molar-refractivity contribution in [3.05, 3.63) is 66.2 Å². The Morgan fingerprint density at radius 1 is 0.592 bits per heavy atom. The first-order valence-electron chi connectivity index (χ1n) is 12.9. The molecule has 4 rings (SSSR count). The van der Waals surface area contributed by atoms with E-state index >= 15 is 0 Å². The second-order valence-electron chi connectivity index (χ2n) is 9.84. The van der Waals surface area contributed by atoms with Crippen LogP contribution in [0.2, 0.25) is 0 Å². The number of hydrogen-bond donors (Lipinski definition) is 10. The summed E-state index contributed by atoms with van der Waals surface area (Å²) < 4.78 is 80.5. The summed E-state index contributed by atoms with van der Waals surface area (Å²) in [6.07, 6.45) is -12.6. The van der Waals surface area contributed by atoms with Crippen LogP contribution in [-0.2, 0) is 49.7 Å². The first-order valence-corrected chi connectivity index (χ1v) is 18.9. The number of aromatic amines is 2. The van der Waals surface area contributed by atoms with Gasteiger partial charge in [0, 0.05) is 24.5 Å². The van der Waals surface area contributed by atoms with E-state index in [1.807, 2.05) is 9.97 Å². The van der Waals surface area contributed by atoms with E-state index in [1.165, 1.54) is 0 Å². The highest BCUT2D eigenvalue weighted by molar-refractivity contribution is 7.69. The van der Waals surface area contributed by atoms with Crippen LogP contribution in [0.1, 0.15) is 12.5 Å². The normalized spacial score (nSPS) is 32.2. The first kappa shape index (κ1) is 39.5. The summed E-state index contributed by atoms with van der Waals surface area (Å²) in [6.45, 7) is -2.43. The van der Waals surface area contributed by atoms with Crippen LogP contribution < -0.4 is 22.5 Å². The van der Waals surface area contributed by atoms with E-state index in [0.717, 1.165) is 24.5 Å². The second kappa shape index (κ2) is 14.7. The van der Waals surface area contributed by atoms with Crippen molar-refractivity contribution in [1.82, 2.24) is 19.1 Å². The Labute approximate surface area is 268 Å². The van der Waals surface area contributed by atoms with Gasteiger partial charge >= 0.3 is 42.7 Å². The van der Waals surface area contributed by atoms with Crippen molar-refractivity contribution in [3.63, 3.8) is 0 Å². The highest BCUT2D eigenvalue weighted by Crippen LogP contribution is 2.71. The van der Waals surface area contributed by atoms with Crippen molar-refractivity contribution in [1.29, 1.82) is 0 Å². The van der Waals surface area contributed by atoms with Crippen LogP contribution in [0.3, 0.4) is 0 Å². The van der Waals surface area contributed by atoms with Crippen LogP contribution in [0.15, 0.2) is 43.7 Å². The number of H-pyrrole nitrogens is 2. The number of aliphatic hydroxyl groups excluding tert-OH is 4. The summed E-state index contributed by atoms with van der Waals surface area (Å²) in [5.41, 5.74) is -3.78. The fraction of sp³-hybridized carbons (Fsp3) is 0.556. The van der Waals surface area contributed by atoms with Crippen LogP contribution in [0.4, 0.5) is 0 Å². The molecule has 2 fully saturated rings. The van der Waals surface area contributed by atoms with E-state index in [9.17, 15) is 77.4 Å². The molecule has 2 aliphatic rings. The lowest BCUT2D eigenvalue weighted by atomic mass is 10.1. The number of hydrogen-bond acceptors (Lipinski definition) is 19. The lowest BCUT2D eigenvalue weighted by molar-refractivity contribution is -0.0544. The molecule has 10 N–H and O–H groups in total. The van der Waals surface area contributed by atoms with Gasteiger partial charge in [0.2, 0.25) is 0 Å². The first-order chi connectivity index (χ1) is 22.5. The van der Waals surface area contributed by atoms with Crippen LogP contribution in [0, 0.1) is 0 Å². The number of phosphoric acid groups is 4. The standard InChI is InChI=1S/C18H26N4O23P4/c23-9-1-3-21(17(29)19-9)15-13(27)11(25)7(41-15)5-39-46(31,32)43-48(35,36)45-49(37,38)44-47(33,34)40-6-8-12(26)14(28)16(42-8)22-4-2-10(24)20-18(22)30/h1-4,7-8,11-16,25-28H,5-6H2,(H,31,32)(H,33,34)(H,35,36)(H,37,38)(H,19,23,29)(H,20,24,30)/t7-,8?,11-,12-,13-,14-,15?,16?/m1/s1. The topological polar surface area (TPSA) is 404 Å². The van der Waals surface area contributed by atoms with Crippen molar-refractivity contribution in [2.75, 3.05) is 13.2 Å². The minimum absolute atomic E-state index is 0.642. The summed E-state index contributed by atoms with van der Waals surface area (Å²) in [6, 6.07) is 1.73. The third-order valence-electron chi connectivity index (χ3n) is 6.35. The van der Waals surface area contributed by atoms with Crippen LogP contribution >= 0.6 is 31.3 Å². The van der Waals surface area contributed by atoms with Gasteiger partial charge in [0.05, 0.1) is 13.2 Å². The van der Waals surface area contributed by atoms with Crippen LogP contribution in [0.25, 0.3) is 0 Å². The molecular formula is C18H26N4O23P4. The van der Waals surface area contributed by atoms with Crippen molar-refractivity contribution >= 4 is 31.3 Å². The van der Waals surface area contributed by atoms with Gasteiger partial charge in [-0.05, 0) is 0 Å². The molecule has 7 unspecified atom stereocenters. The predicted octanol–water partition coefficient (Wildman–Crippen LogP) is -4.19. The molecule has 2 aromatic heterocycles. The number of nitrogens with zero attached hydrogens (tertiary/aromatic N) is 2. The Morgan fingerprint density at radius 3 is 1.24 bits per heavy atom. The van der Waals surface area contributed by atoms with E-state index < -0.39 is 116 Å². The molecule has 31 heteroatoms. The minimum Gasteiger partial charge on any atom is -0.387 e. The van der Waals surface area contributed by atoms with E-state index in [1.54, 1.807) is 0 Å². The van der Waals surface area contributed by atoms with Crippen molar-refractivity contribution in [2.45, 2.75) is 49.1 Å². The van der Waals surface area contributed by atoms with Gasteiger partial charge in [-0.1, -0.05) is 0 Å². The predicted molar refractivity (Wildman–Crippen MR) is 149 cm³/mol. The molecule has 0 aromatic carbocycles. The molecule has 0 radical (unpaired) electrons. The highest BCUT2D eigenvalue weighted by Gasteiger charge is 2.49. The largest absolute Gasteiger partial charge is 0.490 e. The molecule has 2 saturated heterocycles. The van der Waals surface area contributed by atoms with Gasteiger partial charge in [-0.15, -0.1) is 0 Å². The summed E-state index contributed by atoms with van der Waals surface area (Å²) in [5.74, 6) is 0. The molecule has 2 aliphatic heterocycles. The van der Waals surface area contributed by atoms with Crippen molar-refractivity contribution in [2.24, 2.45) is 0 Å². The number of nitrogens with one attached hydrogen (secondary N) is 2. The summed E-state index contributed by atoms with van der Waals surface area (Å²) >= 11 is 0. The molecule has 0 bridgehead atoms. The molecule has 0 saturated carbocycles. The zero-order valence-corrected chi connectivity index (χ0v) is 27.3. The molecular weight excluding hydrogens is 764 g/mol. The van der Waals surface area contributed by atoms with E-state index in [4.69, 9.17) is 9.47 Å². The average Bonchev–Trinajstić information content (AvgIpc) is 3.38. The molecule has 4 heterocycles. The zero-order chi connectivity index (χ0) is 36.7. The Hall–Kier alpha value is -2.32. The second-order valence-corrected chi connectivity index (χ2v) is 16.1. The highest BCUT2D eigenvalue weighted by atomic mass is 31.3. The van der Waals surface area contributed by atoms with Crippen molar-refractivity contribution in [3.8, 4) is 0 Å². The molecule has 0 spiro atoms. The Balaban J connectivity index is 1.31. The van der Waals surface area contributed by atoms with E-state index in [-0.39, 0.29) is 0 Å². The third kappa shape index (κ3) is 9.93. The molecule has 0 aliphatic carbocycles. The summed E-state index contributed by atoms with van der Waals surface area (Å²) in [7, 11) is -24.1. The lowest BCUT2D eigenvalue weighted by Gasteiger charge is -2.21. The Kier molecular flexibility index (Phi) is 11.9. The molecule has 27 nitrogen and oxygen atoms in total. The maximum atomic E-state index is 12.2. The molecule has 49 heavy (non-hydrogen) atoms.